The number of rotatable bonds is 7. The molecule has 1 fully saturated rings. The summed E-state index contributed by atoms with van der Waals surface area (Å²) < 4.78 is 5.34. The molecule has 1 N–H and O–H groups in total. The van der Waals surface area contributed by atoms with Crippen molar-refractivity contribution in [2.45, 2.75) is 31.5 Å². The standard InChI is InChI=1S/C23H29N3O3/c1-25(2)20-13-14-26(16-20)22(27)21(15-18-9-5-3-6-10-18)24-23(28)29-17-19-11-7-4-8-12-19/h3-12,20-21H,13-17H2,1-2H3,(H,24,28)/t20-,21+/m1/s1. The second-order valence-corrected chi connectivity index (χ2v) is 7.64. The maximum atomic E-state index is 13.2. The molecule has 29 heavy (non-hydrogen) atoms. The summed E-state index contributed by atoms with van der Waals surface area (Å²) in [5.41, 5.74) is 1.90. The fraction of sp³-hybridized carbons (Fsp3) is 0.391. The third-order valence-electron chi connectivity index (χ3n) is 5.29. The highest BCUT2D eigenvalue weighted by molar-refractivity contribution is 5.86. The molecule has 2 aromatic rings. The third-order valence-corrected chi connectivity index (χ3v) is 5.29. The molecule has 2 atom stereocenters. The van der Waals surface area contributed by atoms with Crippen LogP contribution < -0.4 is 5.32 Å². The van der Waals surface area contributed by atoms with Gasteiger partial charge in [-0.15, -0.1) is 0 Å². The molecular weight excluding hydrogens is 366 g/mol. The topological polar surface area (TPSA) is 61.9 Å². The predicted octanol–water partition coefficient (Wildman–Crippen LogP) is 2.69. The SMILES string of the molecule is CN(C)[C@@H]1CCN(C(=O)[C@H](Cc2ccccc2)NC(=O)OCc2ccccc2)C1. The monoisotopic (exact) mass is 395 g/mol. The van der Waals surface area contributed by atoms with Crippen molar-refractivity contribution >= 4 is 12.0 Å². The van der Waals surface area contributed by atoms with Crippen molar-refractivity contribution in [1.29, 1.82) is 0 Å². The van der Waals surface area contributed by atoms with Gasteiger partial charge in [-0.25, -0.2) is 4.79 Å². The van der Waals surface area contributed by atoms with Gasteiger partial charge in [0.15, 0.2) is 0 Å². The molecule has 0 aromatic heterocycles. The van der Waals surface area contributed by atoms with E-state index in [1.54, 1.807) is 0 Å². The molecule has 2 aromatic carbocycles. The van der Waals surface area contributed by atoms with Crippen molar-refractivity contribution < 1.29 is 14.3 Å². The van der Waals surface area contributed by atoms with Crippen molar-refractivity contribution in [1.82, 2.24) is 15.1 Å². The zero-order valence-corrected chi connectivity index (χ0v) is 17.1. The Balaban J connectivity index is 1.64. The van der Waals surface area contributed by atoms with Crippen molar-refractivity contribution in [3.05, 3.63) is 71.8 Å². The van der Waals surface area contributed by atoms with Crippen LogP contribution in [-0.4, -0.2) is 61.1 Å². The predicted molar refractivity (Wildman–Crippen MR) is 112 cm³/mol. The van der Waals surface area contributed by atoms with Crippen LogP contribution in [0.2, 0.25) is 0 Å². The Morgan fingerprint density at radius 1 is 1.07 bits per heavy atom. The van der Waals surface area contributed by atoms with Gasteiger partial charge in [-0.2, -0.15) is 0 Å². The highest BCUT2D eigenvalue weighted by atomic mass is 16.5. The van der Waals surface area contributed by atoms with E-state index < -0.39 is 12.1 Å². The van der Waals surface area contributed by atoms with Gasteiger partial charge in [0.25, 0.3) is 0 Å². The second-order valence-electron chi connectivity index (χ2n) is 7.64. The Morgan fingerprint density at radius 2 is 1.69 bits per heavy atom. The van der Waals surface area contributed by atoms with Gasteiger partial charge in [0.1, 0.15) is 12.6 Å². The van der Waals surface area contributed by atoms with Crippen LogP contribution in [0.15, 0.2) is 60.7 Å². The molecule has 1 heterocycles. The van der Waals surface area contributed by atoms with Crippen molar-refractivity contribution in [3.63, 3.8) is 0 Å². The first-order valence-electron chi connectivity index (χ1n) is 9.99. The number of ether oxygens (including phenoxy) is 1. The average molecular weight is 396 g/mol. The van der Waals surface area contributed by atoms with E-state index >= 15 is 0 Å². The Bertz CT molecular complexity index is 796. The lowest BCUT2D eigenvalue weighted by Gasteiger charge is -2.25. The largest absolute Gasteiger partial charge is 0.445 e. The minimum absolute atomic E-state index is 0.0603. The van der Waals surface area contributed by atoms with E-state index in [1.165, 1.54) is 0 Å². The summed E-state index contributed by atoms with van der Waals surface area (Å²) in [5.74, 6) is -0.0603. The van der Waals surface area contributed by atoms with Gasteiger partial charge >= 0.3 is 6.09 Å². The second kappa shape index (κ2) is 10.1. The number of carbonyl (C=O) groups excluding carboxylic acids is 2. The van der Waals surface area contributed by atoms with Gasteiger partial charge in [0, 0.05) is 25.6 Å². The van der Waals surface area contributed by atoms with Gasteiger partial charge in [0.05, 0.1) is 0 Å². The van der Waals surface area contributed by atoms with Crippen LogP contribution in [-0.2, 0) is 22.6 Å². The number of amides is 2. The van der Waals surface area contributed by atoms with Crippen LogP contribution in [0.3, 0.4) is 0 Å². The molecule has 3 rings (SSSR count). The number of likely N-dealkylation sites (N-methyl/N-ethyl adjacent to an activating group) is 1. The van der Waals surface area contributed by atoms with Crippen LogP contribution in [0.1, 0.15) is 17.5 Å². The molecule has 1 saturated heterocycles. The first kappa shape index (κ1) is 20.9. The van der Waals surface area contributed by atoms with Gasteiger partial charge < -0.3 is 19.9 Å². The Labute approximate surface area is 172 Å². The minimum atomic E-state index is -0.651. The average Bonchev–Trinajstić information content (AvgIpc) is 3.23. The molecule has 6 heteroatoms. The number of nitrogens with zero attached hydrogens (tertiary/aromatic N) is 2. The summed E-state index contributed by atoms with van der Waals surface area (Å²) in [5, 5.41) is 2.79. The van der Waals surface area contributed by atoms with Crippen LogP contribution >= 0.6 is 0 Å². The number of benzene rings is 2. The molecule has 0 spiro atoms. The summed E-state index contributed by atoms with van der Waals surface area (Å²) >= 11 is 0. The van der Waals surface area contributed by atoms with E-state index in [9.17, 15) is 9.59 Å². The number of carbonyl (C=O) groups is 2. The summed E-state index contributed by atoms with van der Waals surface area (Å²) in [6.07, 6.45) is 0.796. The summed E-state index contributed by atoms with van der Waals surface area (Å²) in [6, 6.07) is 18.9. The number of likely N-dealkylation sites (tertiary alicyclic amines) is 1. The van der Waals surface area contributed by atoms with Crippen LogP contribution in [0.4, 0.5) is 4.79 Å². The zero-order valence-electron chi connectivity index (χ0n) is 17.1. The molecule has 1 aliphatic heterocycles. The molecular formula is C23H29N3O3. The molecule has 154 valence electrons. The number of hydrogen-bond donors (Lipinski definition) is 1. The van der Waals surface area contributed by atoms with E-state index in [2.05, 4.69) is 10.2 Å². The molecule has 0 aliphatic carbocycles. The maximum absolute atomic E-state index is 13.2. The van der Waals surface area contributed by atoms with Crippen molar-refractivity contribution in [2.75, 3.05) is 27.2 Å². The molecule has 2 amide bonds. The van der Waals surface area contributed by atoms with Crippen LogP contribution in [0, 0.1) is 0 Å². The third kappa shape index (κ3) is 6.06. The van der Waals surface area contributed by atoms with E-state index in [1.807, 2.05) is 79.7 Å². The van der Waals surface area contributed by atoms with Crippen LogP contribution in [0.5, 0.6) is 0 Å². The van der Waals surface area contributed by atoms with E-state index in [-0.39, 0.29) is 12.5 Å². The lowest BCUT2D eigenvalue weighted by molar-refractivity contribution is -0.132. The van der Waals surface area contributed by atoms with Crippen LogP contribution in [0.25, 0.3) is 0 Å². The minimum Gasteiger partial charge on any atom is -0.445 e. The fourth-order valence-electron chi connectivity index (χ4n) is 3.54. The Kier molecular flexibility index (Phi) is 7.25. The number of hydrogen-bond acceptors (Lipinski definition) is 4. The lowest BCUT2D eigenvalue weighted by atomic mass is 10.1. The molecule has 0 unspecified atom stereocenters. The molecule has 6 nitrogen and oxygen atoms in total. The molecule has 1 aliphatic rings. The smallest absolute Gasteiger partial charge is 0.408 e. The van der Waals surface area contributed by atoms with Gasteiger partial charge in [-0.1, -0.05) is 60.7 Å². The van der Waals surface area contributed by atoms with Crippen molar-refractivity contribution in [3.8, 4) is 0 Å². The highest BCUT2D eigenvalue weighted by Crippen LogP contribution is 2.16. The molecule has 0 radical (unpaired) electrons. The van der Waals surface area contributed by atoms with Gasteiger partial charge in [0.2, 0.25) is 5.91 Å². The van der Waals surface area contributed by atoms with Gasteiger partial charge in [-0.05, 0) is 31.6 Å². The molecule has 0 saturated carbocycles. The quantitative estimate of drug-likeness (QED) is 0.783. The summed E-state index contributed by atoms with van der Waals surface area (Å²) in [4.78, 5) is 29.5. The zero-order chi connectivity index (χ0) is 20.6. The summed E-state index contributed by atoms with van der Waals surface area (Å²) in [7, 11) is 4.05. The number of nitrogens with one attached hydrogen (secondary N) is 1. The fourth-order valence-corrected chi connectivity index (χ4v) is 3.54. The first-order valence-corrected chi connectivity index (χ1v) is 9.99. The highest BCUT2D eigenvalue weighted by Gasteiger charge is 2.32. The van der Waals surface area contributed by atoms with E-state index in [0.717, 1.165) is 17.5 Å². The number of alkyl carbamates (subject to hydrolysis) is 1. The van der Waals surface area contributed by atoms with E-state index in [0.29, 0.717) is 25.6 Å². The lowest BCUT2D eigenvalue weighted by Crippen LogP contribution is -2.49. The van der Waals surface area contributed by atoms with Crippen molar-refractivity contribution in [2.24, 2.45) is 0 Å². The van der Waals surface area contributed by atoms with Gasteiger partial charge in [-0.3, -0.25) is 4.79 Å². The maximum Gasteiger partial charge on any atom is 0.408 e. The first-order chi connectivity index (χ1) is 14.0. The summed E-state index contributed by atoms with van der Waals surface area (Å²) in [6.45, 7) is 1.55. The Hall–Kier alpha value is -2.86. The molecule has 0 bridgehead atoms. The van der Waals surface area contributed by atoms with E-state index in [4.69, 9.17) is 4.74 Å². The normalized spacial score (nSPS) is 17.2. The Morgan fingerprint density at radius 3 is 2.28 bits per heavy atom.